The van der Waals surface area contributed by atoms with E-state index in [4.69, 9.17) is 4.74 Å². The summed E-state index contributed by atoms with van der Waals surface area (Å²) in [5, 5.41) is 10.1. The van der Waals surface area contributed by atoms with E-state index in [0.29, 0.717) is 5.69 Å². The Labute approximate surface area is 117 Å². The second kappa shape index (κ2) is 6.36. The maximum absolute atomic E-state index is 11.6. The number of amides is 1. The van der Waals surface area contributed by atoms with Crippen LogP contribution in [0.2, 0.25) is 0 Å². The molecule has 1 aromatic rings. The SMILES string of the molecule is COC(=O)[C@@H](C)n1nncc1CNC(=O)OC(C)(C)C. The van der Waals surface area contributed by atoms with Crippen molar-refractivity contribution < 1.29 is 19.1 Å². The number of alkyl carbamates (subject to hydrolysis) is 1. The maximum atomic E-state index is 11.6. The van der Waals surface area contributed by atoms with Gasteiger partial charge in [-0.05, 0) is 27.7 Å². The molecule has 1 aromatic heterocycles. The Hall–Kier alpha value is -2.12. The Morgan fingerprint density at radius 1 is 1.45 bits per heavy atom. The van der Waals surface area contributed by atoms with E-state index in [2.05, 4.69) is 20.4 Å². The Bertz CT molecular complexity index is 478. The van der Waals surface area contributed by atoms with E-state index >= 15 is 0 Å². The molecule has 0 fully saturated rings. The van der Waals surface area contributed by atoms with Gasteiger partial charge in [-0.2, -0.15) is 0 Å². The predicted molar refractivity (Wildman–Crippen MR) is 69.8 cm³/mol. The van der Waals surface area contributed by atoms with Crippen molar-refractivity contribution in [3.05, 3.63) is 11.9 Å². The van der Waals surface area contributed by atoms with Gasteiger partial charge in [0.1, 0.15) is 11.6 Å². The first-order valence-electron chi connectivity index (χ1n) is 6.18. The highest BCUT2D eigenvalue weighted by atomic mass is 16.6. The lowest BCUT2D eigenvalue weighted by Gasteiger charge is -2.20. The molecule has 1 rings (SSSR count). The van der Waals surface area contributed by atoms with Crippen LogP contribution in [0.3, 0.4) is 0 Å². The van der Waals surface area contributed by atoms with Gasteiger partial charge in [0.15, 0.2) is 0 Å². The van der Waals surface area contributed by atoms with Crippen molar-refractivity contribution in [3.8, 4) is 0 Å². The van der Waals surface area contributed by atoms with Crippen LogP contribution in [0.5, 0.6) is 0 Å². The van der Waals surface area contributed by atoms with Gasteiger partial charge in [0.2, 0.25) is 0 Å². The number of carbonyl (C=O) groups excluding carboxylic acids is 2. The molecule has 1 N–H and O–H groups in total. The Kier molecular flexibility index (Phi) is 5.06. The van der Waals surface area contributed by atoms with E-state index < -0.39 is 23.7 Å². The lowest BCUT2D eigenvalue weighted by molar-refractivity contribution is -0.144. The average molecular weight is 284 g/mol. The van der Waals surface area contributed by atoms with Crippen LogP contribution in [0, 0.1) is 0 Å². The topological polar surface area (TPSA) is 95.3 Å². The van der Waals surface area contributed by atoms with Gasteiger partial charge in [0, 0.05) is 0 Å². The van der Waals surface area contributed by atoms with Crippen molar-refractivity contribution in [1.82, 2.24) is 20.3 Å². The average Bonchev–Trinajstić information content (AvgIpc) is 2.80. The summed E-state index contributed by atoms with van der Waals surface area (Å²) in [7, 11) is 1.30. The first-order valence-corrected chi connectivity index (χ1v) is 6.18. The molecule has 8 heteroatoms. The number of rotatable bonds is 4. The predicted octanol–water partition coefficient (Wildman–Crippen LogP) is 1.04. The summed E-state index contributed by atoms with van der Waals surface area (Å²) >= 11 is 0. The molecular formula is C12H20N4O4. The van der Waals surface area contributed by atoms with Gasteiger partial charge in [-0.15, -0.1) is 5.10 Å². The van der Waals surface area contributed by atoms with Gasteiger partial charge < -0.3 is 14.8 Å². The zero-order chi connectivity index (χ0) is 15.3. The first kappa shape index (κ1) is 15.9. The number of methoxy groups -OCH3 is 1. The molecule has 8 nitrogen and oxygen atoms in total. The van der Waals surface area contributed by atoms with Crippen molar-refractivity contribution in [2.45, 2.75) is 45.9 Å². The van der Waals surface area contributed by atoms with Crippen molar-refractivity contribution in [1.29, 1.82) is 0 Å². The number of carbonyl (C=O) groups is 2. The highest BCUT2D eigenvalue weighted by Crippen LogP contribution is 2.10. The van der Waals surface area contributed by atoms with Crippen LogP contribution >= 0.6 is 0 Å². The van der Waals surface area contributed by atoms with Gasteiger partial charge in [-0.1, -0.05) is 5.21 Å². The third kappa shape index (κ3) is 4.52. The van der Waals surface area contributed by atoms with Gasteiger partial charge in [-0.3, -0.25) is 0 Å². The monoisotopic (exact) mass is 284 g/mol. The first-order chi connectivity index (χ1) is 9.24. The lowest BCUT2D eigenvalue weighted by Crippen LogP contribution is -2.33. The van der Waals surface area contributed by atoms with Crippen LogP contribution in [0.4, 0.5) is 4.79 Å². The fraction of sp³-hybridized carbons (Fsp3) is 0.667. The molecule has 1 atom stereocenters. The zero-order valence-corrected chi connectivity index (χ0v) is 12.3. The molecular weight excluding hydrogens is 264 g/mol. The summed E-state index contributed by atoms with van der Waals surface area (Å²) in [6.45, 7) is 7.12. The van der Waals surface area contributed by atoms with Crippen molar-refractivity contribution in [3.63, 3.8) is 0 Å². The highest BCUT2D eigenvalue weighted by Gasteiger charge is 2.21. The standard InChI is InChI=1S/C12H20N4O4/c1-8(10(17)19-5)16-9(7-14-15-16)6-13-11(18)20-12(2,3)4/h7-8H,6H2,1-5H3,(H,13,18)/t8-/m1/s1. The van der Waals surface area contributed by atoms with Gasteiger partial charge in [0.05, 0.1) is 25.5 Å². The number of ether oxygens (including phenoxy) is 2. The van der Waals surface area contributed by atoms with E-state index in [9.17, 15) is 9.59 Å². The molecule has 0 aromatic carbocycles. The minimum atomic E-state index is -0.613. The second-order valence-electron chi connectivity index (χ2n) is 5.22. The number of esters is 1. The molecule has 0 aliphatic carbocycles. The third-order valence-electron chi connectivity index (χ3n) is 2.37. The zero-order valence-electron chi connectivity index (χ0n) is 12.3. The minimum Gasteiger partial charge on any atom is -0.467 e. The summed E-state index contributed by atoms with van der Waals surface area (Å²) in [6, 6.07) is -0.613. The number of hydrogen-bond donors (Lipinski definition) is 1. The van der Waals surface area contributed by atoms with Crippen LogP contribution in [0.25, 0.3) is 0 Å². The normalized spacial score (nSPS) is 12.7. The number of aromatic nitrogens is 3. The Balaban J connectivity index is 2.64. The molecule has 0 saturated heterocycles. The molecule has 1 heterocycles. The molecule has 112 valence electrons. The largest absolute Gasteiger partial charge is 0.467 e. The molecule has 0 aliphatic heterocycles. The van der Waals surface area contributed by atoms with Crippen molar-refractivity contribution >= 4 is 12.1 Å². The highest BCUT2D eigenvalue weighted by molar-refractivity contribution is 5.73. The molecule has 1 amide bonds. The quantitative estimate of drug-likeness (QED) is 0.830. The summed E-state index contributed by atoms with van der Waals surface area (Å²) in [5.74, 6) is -0.436. The van der Waals surface area contributed by atoms with E-state index in [1.54, 1.807) is 27.7 Å². The minimum absolute atomic E-state index is 0.156. The van der Waals surface area contributed by atoms with Crippen LogP contribution in [0.15, 0.2) is 6.20 Å². The third-order valence-corrected chi connectivity index (χ3v) is 2.37. The molecule has 0 saturated carbocycles. The van der Waals surface area contributed by atoms with Crippen LogP contribution < -0.4 is 5.32 Å². The van der Waals surface area contributed by atoms with Crippen molar-refractivity contribution in [2.75, 3.05) is 7.11 Å². The molecule has 0 spiro atoms. The lowest BCUT2D eigenvalue weighted by atomic mass is 10.2. The fourth-order valence-corrected chi connectivity index (χ4v) is 1.46. The van der Waals surface area contributed by atoms with Crippen molar-refractivity contribution in [2.24, 2.45) is 0 Å². The summed E-state index contributed by atoms with van der Waals surface area (Å²) in [4.78, 5) is 23.0. The fourth-order valence-electron chi connectivity index (χ4n) is 1.46. The van der Waals surface area contributed by atoms with E-state index in [1.807, 2.05) is 0 Å². The van der Waals surface area contributed by atoms with Crippen LogP contribution in [0.1, 0.15) is 39.4 Å². The van der Waals surface area contributed by atoms with E-state index in [-0.39, 0.29) is 6.54 Å². The molecule has 20 heavy (non-hydrogen) atoms. The number of nitrogens with zero attached hydrogens (tertiary/aromatic N) is 3. The molecule has 0 bridgehead atoms. The van der Waals surface area contributed by atoms with E-state index in [1.165, 1.54) is 18.0 Å². The summed E-state index contributed by atoms with van der Waals surface area (Å²) < 4.78 is 11.1. The second-order valence-corrected chi connectivity index (χ2v) is 5.22. The van der Waals surface area contributed by atoms with Gasteiger partial charge >= 0.3 is 12.1 Å². The number of nitrogens with one attached hydrogen (secondary N) is 1. The van der Waals surface area contributed by atoms with Gasteiger partial charge in [0.25, 0.3) is 0 Å². The summed E-state index contributed by atoms with van der Waals surface area (Å²) in [5.41, 5.74) is 0.00998. The van der Waals surface area contributed by atoms with E-state index in [0.717, 1.165) is 0 Å². The smallest absolute Gasteiger partial charge is 0.407 e. The molecule has 0 aliphatic rings. The Morgan fingerprint density at radius 2 is 2.10 bits per heavy atom. The molecule has 0 unspecified atom stereocenters. The molecule has 0 radical (unpaired) electrons. The summed E-state index contributed by atoms with van der Waals surface area (Å²) in [6.07, 6.45) is 0.924. The van der Waals surface area contributed by atoms with Crippen LogP contribution in [-0.4, -0.2) is 39.8 Å². The van der Waals surface area contributed by atoms with Gasteiger partial charge in [-0.25, -0.2) is 14.3 Å². The maximum Gasteiger partial charge on any atom is 0.407 e. The van der Waals surface area contributed by atoms with Crippen LogP contribution in [-0.2, 0) is 20.8 Å². The Morgan fingerprint density at radius 3 is 2.65 bits per heavy atom. The number of hydrogen-bond acceptors (Lipinski definition) is 6.